The quantitative estimate of drug-likeness (QED) is 0.225. The zero-order valence-electron chi connectivity index (χ0n) is 20.9. The summed E-state index contributed by atoms with van der Waals surface area (Å²) in [4.78, 5) is 11.9. The summed E-state index contributed by atoms with van der Waals surface area (Å²) in [6.07, 6.45) is -2.63. The number of fused-ring (bicyclic) bond motifs is 1. The molecule has 0 aliphatic rings. The number of carbonyl (C=O) groups excluding carboxylic acids is 1. The van der Waals surface area contributed by atoms with E-state index in [1.807, 2.05) is 38.1 Å². The Morgan fingerprint density at radius 2 is 1.74 bits per heavy atom. The lowest BCUT2D eigenvalue weighted by molar-refractivity contribution is -0.140. The van der Waals surface area contributed by atoms with Crippen molar-refractivity contribution in [3.8, 4) is 16.9 Å². The third-order valence-electron chi connectivity index (χ3n) is 5.77. The zero-order valence-corrected chi connectivity index (χ0v) is 20.9. The normalized spacial score (nSPS) is 12.6. The van der Waals surface area contributed by atoms with Gasteiger partial charge in [-0.2, -0.15) is 4.39 Å². The molecule has 0 saturated heterocycles. The van der Waals surface area contributed by atoms with Crippen molar-refractivity contribution in [1.82, 2.24) is 0 Å². The van der Waals surface area contributed by atoms with E-state index in [1.54, 1.807) is 19.1 Å². The van der Waals surface area contributed by atoms with Gasteiger partial charge in [-0.15, -0.1) is 0 Å². The summed E-state index contributed by atoms with van der Waals surface area (Å²) >= 11 is 0. The van der Waals surface area contributed by atoms with Gasteiger partial charge in [0, 0.05) is 22.1 Å². The largest absolute Gasteiger partial charge is 0.487 e. The van der Waals surface area contributed by atoms with Crippen LogP contribution in [0.25, 0.3) is 27.7 Å². The van der Waals surface area contributed by atoms with Crippen LogP contribution in [-0.4, -0.2) is 25.6 Å². The Bertz CT molecular complexity index is 1240. The van der Waals surface area contributed by atoms with Gasteiger partial charge in [0.05, 0.1) is 6.61 Å². The van der Waals surface area contributed by atoms with Crippen molar-refractivity contribution in [3.63, 3.8) is 0 Å². The van der Waals surface area contributed by atoms with Crippen molar-refractivity contribution in [2.45, 2.75) is 59.8 Å². The summed E-state index contributed by atoms with van der Waals surface area (Å²) < 4.78 is 57.3. The second-order valence-electron chi connectivity index (χ2n) is 8.99. The zero-order chi connectivity index (χ0) is 25.9. The first kappa shape index (κ1) is 26.4. The number of benzene rings is 2. The SMILES string of the molecule is CCOC(=O)/C(F)=C(\C)c1cc2cccc(-c3cc(C(C)C)cc(C(C)C)c3OCC(F)F)c2o1. The molecule has 0 fully saturated rings. The first-order chi connectivity index (χ1) is 16.5. The van der Waals surface area contributed by atoms with Crippen LogP contribution in [-0.2, 0) is 9.53 Å². The molecule has 1 heterocycles. The Morgan fingerprint density at radius 1 is 1.03 bits per heavy atom. The summed E-state index contributed by atoms with van der Waals surface area (Å²) in [5, 5.41) is 0.675. The third-order valence-corrected chi connectivity index (χ3v) is 5.77. The molecule has 3 aromatic rings. The van der Waals surface area contributed by atoms with Crippen LogP contribution in [0.2, 0.25) is 0 Å². The summed E-state index contributed by atoms with van der Waals surface area (Å²) in [5.41, 5.74) is 3.56. The van der Waals surface area contributed by atoms with Crippen molar-refractivity contribution in [3.05, 3.63) is 59.1 Å². The molecule has 0 aliphatic heterocycles. The molecule has 3 rings (SSSR count). The number of ether oxygens (including phenoxy) is 2. The molecule has 0 amide bonds. The maximum Gasteiger partial charge on any atom is 0.367 e. The smallest absolute Gasteiger partial charge is 0.367 e. The van der Waals surface area contributed by atoms with Crippen molar-refractivity contribution in [2.24, 2.45) is 0 Å². The van der Waals surface area contributed by atoms with E-state index in [0.29, 0.717) is 27.8 Å². The maximum atomic E-state index is 14.6. The number of alkyl halides is 2. The van der Waals surface area contributed by atoms with Gasteiger partial charge in [-0.05, 0) is 48.9 Å². The summed E-state index contributed by atoms with van der Waals surface area (Å²) in [7, 11) is 0. The minimum atomic E-state index is -2.63. The number of allylic oxidation sites excluding steroid dienone is 1. The fourth-order valence-electron chi connectivity index (χ4n) is 3.86. The molecule has 0 radical (unpaired) electrons. The van der Waals surface area contributed by atoms with Crippen molar-refractivity contribution in [2.75, 3.05) is 13.2 Å². The minimum absolute atomic E-state index is 0.0126. The number of rotatable bonds is 9. The highest BCUT2D eigenvalue weighted by molar-refractivity contribution is 5.99. The molecule has 0 N–H and O–H groups in total. The number of carbonyl (C=O) groups is 1. The lowest BCUT2D eigenvalue weighted by atomic mass is 9.89. The Labute approximate surface area is 203 Å². The molecular formula is C28H31F3O4. The van der Waals surface area contributed by atoms with E-state index in [1.165, 1.54) is 6.92 Å². The molecule has 0 aliphatic carbocycles. The van der Waals surface area contributed by atoms with Crippen LogP contribution in [0.15, 0.2) is 46.6 Å². The molecule has 7 heteroatoms. The van der Waals surface area contributed by atoms with Crippen LogP contribution in [0, 0.1) is 0 Å². The van der Waals surface area contributed by atoms with Crippen LogP contribution < -0.4 is 4.74 Å². The molecular weight excluding hydrogens is 457 g/mol. The molecule has 0 atom stereocenters. The second-order valence-corrected chi connectivity index (χ2v) is 8.99. The first-order valence-corrected chi connectivity index (χ1v) is 11.7. The summed E-state index contributed by atoms with van der Waals surface area (Å²) in [5.74, 6) is -1.32. The van der Waals surface area contributed by atoms with Gasteiger partial charge in [-0.25, -0.2) is 13.6 Å². The average molecular weight is 489 g/mol. The molecule has 188 valence electrons. The summed E-state index contributed by atoms with van der Waals surface area (Å²) in [6, 6.07) is 11.0. The molecule has 0 saturated carbocycles. The Hall–Kier alpha value is -3.22. The molecule has 35 heavy (non-hydrogen) atoms. The van der Waals surface area contributed by atoms with Gasteiger partial charge in [-0.1, -0.05) is 52.0 Å². The molecule has 0 spiro atoms. The number of esters is 1. The second kappa shape index (κ2) is 11.0. The molecule has 0 unspecified atom stereocenters. The van der Waals surface area contributed by atoms with E-state index in [2.05, 4.69) is 13.8 Å². The summed E-state index contributed by atoms with van der Waals surface area (Å²) in [6.45, 7) is 10.4. The molecule has 2 aromatic carbocycles. The van der Waals surface area contributed by atoms with Gasteiger partial charge in [0.2, 0.25) is 5.83 Å². The van der Waals surface area contributed by atoms with Gasteiger partial charge < -0.3 is 13.9 Å². The van der Waals surface area contributed by atoms with Gasteiger partial charge in [0.25, 0.3) is 6.43 Å². The fourth-order valence-corrected chi connectivity index (χ4v) is 3.86. The number of para-hydroxylation sites is 1. The van der Waals surface area contributed by atoms with E-state index in [4.69, 9.17) is 13.9 Å². The highest BCUT2D eigenvalue weighted by Crippen LogP contribution is 2.43. The van der Waals surface area contributed by atoms with Crippen LogP contribution in [0.5, 0.6) is 5.75 Å². The third kappa shape index (κ3) is 5.72. The van der Waals surface area contributed by atoms with Crippen molar-refractivity contribution < 1.29 is 31.9 Å². The number of furan rings is 1. The lowest BCUT2D eigenvalue weighted by Gasteiger charge is -2.21. The van der Waals surface area contributed by atoms with Crippen molar-refractivity contribution >= 4 is 22.5 Å². The Morgan fingerprint density at radius 3 is 2.34 bits per heavy atom. The van der Waals surface area contributed by atoms with E-state index in [9.17, 15) is 18.0 Å². The van der Waals surface area contributed by atoms with E-state index >= 15 is 0 Å². The Kier molecular flexibility index (Phi) is 8.30. The molecule has 4 nitrogen and oxygen atoms in total. The predicted molar refractivity (Wildman–Crippen MR) is 132 cm³/mol. The standard InChI is InChI=1S/C28H31F3O4/c1-7-33-28(32)25(31)17(6)23-13-18-9-8-10-20(26(18)35-23)22-12-19(15(2)3)11-21(16(4)5)27(22)34-14-24(29)30/h8-13,15-16,24H,7,14H2,1-6H3/b25-17-. The van der Waals surface area contributed by atoms with E-state index < -0.39 is 24.8 Å². The van der Waals surface area contributed by atoms with Gasteiger partial charge in [0.15, 0.2) is 0 Å². The highest BCUT2D eigenvalue weighted by Gasteiger charge is 2.23. The monoisotopic (exact) mass is 488 g/mol. The first-order valence-electron chi connectivity index (χ1n) is 11.7. The highest BCUT2D eigenvalue weighted by atomic mass is 19.3. The predicted octanol–water partition coefficient (Wildman–Crippen LogP) is 8.25. The average Bonchev–Trinajstić information content (AvgIpc) is 3.25. The molecule has 0 bridgehead atoms. The topological polar surface area (TPSA) is 48.7 Å². The van der Waals surface area contributed by atoms with Gasteiger partial charge in [-0.3, -0.25) is 0 Å². The van der Waals surface area contributed by atoms with Gasteiger partial charge >= 0.3 is 5.97 Å². The fraction of sp³-hybridized carbons (Fsp3) is 0.393. The lowest BCUT2D eigenvalue weighted by Crippen LogP contribution is -2.10. The maximum absolute atomic E-state index is 14.6. The Balaban J connectivity index is 2.26. The van der Waals surface area contributed by atoms with Gasteiger partial charge in [0.1, 0.15) is 23.7 Å². The van der Waals surface area contributed by atoms with Crippen LogP contribution >= 0.6 is 0 Å². The number of hydrogen-bond donors (Lipinski definition) is 0. The van der Waals surface area contributed by atoms with E-state index in [0.717, 1.165) is 11.1 Å². The van der Waals surface area contributed by atoms with Crippen LogP contribution in [0.4, 0.5) is 13.2 Å². The van der Waals surface area contributed by atoms with Crippen molar-refractivity contribution in [1.29, 1.82) is 0 Å². The minimum Gasteiger partial charge on any atom is -0.487 e. The number of halogens is 3. The van der Waals surface area contributed by atoms with Crippen LogP contribution in [0.1, 0.15) is 70.3 Å². The van der Waals surface area contributed by atoms with E-state index in [-0.39, 0.29) is 29.8 Å². The number of hydrogen-bond acceptors (Lipinski definition) is 4. The molecule has 1 aromatic heterocycles. The van der Waals surface area contributed by atoms with Crippen LogP contribution in [0.3, 0.4) is 0 Å².